The topological polar surface area (TPSA) is 66.9 Å². The van der Waals surface area contributed by atoms with E-state index in [0.29, 0.717) is 11.1 Å². The number of hydrogen-bond acceptors (Lipinski definition) is 4. The molecule has 6 nitrogen and oxygen atoms in total. The Labute approximate surface area is 122 Å². The third kappa shape index (κ3) is 1.97. The molecule has 1 aliphatic rings. The molecule has 0 fully saturated rings. The number of sulfonamides is 1. The molecule has 0 N–H and O–H groups in total. The lowest BCUT2D eigenvalue weighted by atomic mass is 10.1. The van der Waals surface area contributed by atoms with Gasteiger partial charge in [-0.15, -0.1) is 0 Å². The van der Waals surface area contributed by atoms with Gasteiger partial charge in [0.1, 0.15) is 6.54 Å². The highest BCUT2D eigenvalue weighted by molar-refractivity contribution is 7.93. The van der Waals surface area contributed by atoms with Crippen LogP contribution in [0, 0.1) is 0 Å². The Morgan fingerprint density at radius 1 is 1.24 bits per heavy atom. The van der Waals surface area contributed by atoms with Gasteiger partial charge in [-0.1, -0.05) is 24.3 Å². The minimum atomic E-state index is -3.70. The van der Waals surface area contributed by atoms with Gasteiger partial charge >= 0.3 is 0 Å². The summed E-state index contributed by atoms with van der Waals surface area (Å²) in [6.07, 6.45) is 0. The minimum Gasteiger partial charge on any atom is -0.275 e. The number of likely N-dealkylation sites (N-methyl/N-ethyl adjacent to an activating group) is 1. The molecule has 0 saturated heterocycles. The summed E-state index contributed by atoms with van der Waals surface area (Å²) in [6.45, 7) is -0.291. The van der Waals surface area contributed by atoms with Gasteiger partial charge in [0, 0.05) is 12.4 Å². The van der Waals surface area contributed by atoms with Crippen LogP contribution < -0.4 is 4.31 Å². The highest BCUT2D eigenvalue weighted by Crippen LogP contribution is 2.41. The molecule has 21 heavy (non-hydrogen) atoms. The highest BCUT2D eigenvalue weighted by atomic mass is 32.2. The standard InChI is InChI=1S/C14H14N2O4S/c1-15(20-2)13(17)9-16-11-7-3-5-10-6-4-8-12(14(10)11)21(16,18)19/h3-8H,9H2,1-2H3. The van der Waals surface area contributed by atoms with E-state index < -0.39 is 15.9 Å². The molecule has 0 aromatic heterocycles. The summed E-state index contributed by atoms with van der Waals surface area (Å²) in [5.41, 5.74) is 0.529. The fourth-order valence-corrected chi connectivity index (χ4v) is 4.11. The Kier molecular flexibility index (Phi) is 3.11. The molecule has 3 rings (SSSR count). The first kappa shape index (κ1) is 13.8. The minimum absolute atomic E-state index is 0.239. The monoisotopic (exact) mass is 306 g/mol. The molecular weight excluding hydrogens is 292 g/mol. The van der Waals surface area contributed by atoms with Crippen molar-refractivity contribution >= 4 is 32.4 Å². The number of rotatable bonds is 3. The predicted octanol–water partition coefficient (Wildman–Crippen LogP) is 1.37. The first-order valence-corrected chi connectivity index (χ1v) is 7.76. The van der Waals surface area contributed by atoms with E-state index in [4.69, 9.17) is 4.84 Å². The van der Waals surface area contributed by atoms with Gasteiger partial charge in [0.05, 0.1) is 17.7 Å². The molecule has 0 spiro atoms. The summed E-state index contributed by atoms with van der Waals surface area (Å²) >= 11 is 0. The Bertz CT molecular complexity index is 827. The van der Waals surface area contributed by atoms with Crippen molar-refractivity contribution in [2.75, 3.05) is 25.0 Å². The van der Waals surface area contributed by atoms with Gasteiger partial charge in [0.15, 0.2) is 0 Å². The normalized spacial score (nSPS) is 15.4. The van der Waals surface area contributed by atoms with Crippen molar-refractivity contribution < 1.29 is 18.0 Å². The Morgan fingerprint density at radius 2 is 1.90 bits per heavy atom. The van der Waals surface area contributed by atoms with Crippen LogP contribution in [0.5, 0.6) is 0 Å². The Balaban J connectivity index is 2.13. The van der Waals surface area contributed by atoms with Gasteiger partial charge in [0.25, 0.3) is 15.9 Å². The molecular formula is C14H14N2O4S. The van der Waals surface area contributed by atoms with Gasteiger partial charge in [-0.25, -0.2) is 13.5 Å². The quantitative estimate of drug-likeness (QED) is 0.803. The van der Waals surface area contributed by atoms with Crippen LogP contribution in [0.3, 0.4) is 0 Å². The molecule has 2 aromatic rings. The van der Waals surface area contributed by atoms with E-state index in [2.05, 4.69) is 0 Å². The molecule has 0 unspecified atom stereocenters. The smallest absolute Gasteiger partial charge is 0.266 e. The molecule has 1 aliphatic heterocycles. The number of amides is 1. The van der Waals surface area contributed by atoms with Gasteiger partial charge in [-0.05, 0) is 17.5 Å². The molecule has 110 valence electrons. The van der Waals surface area contributed by atoms with E-state index in [1.165, 1.54) is 14.2 Å². The van der Waals surface area contributed by atoms with E-state index in [1.807, 2.05) is 12.1 Å². The molecule has 0 radical (unpaired) electrons. The van der Waals surface area contributed by atoms with Crippen molar-refractivity contribution in [2.45, 2.75) is 4.90 Å². The zero-order valence-electron chi connectivity index (χ0n) is 11.6. The Hall–Kier alpha value is -2.12. The lowest BCUT2D eigenvalue weighted by Crippen LogP contribution is -2.39. The second kappa shape index (κ2) is 4.71. The Morgan fingerprint density at radius 3 is 2.57 bits per heavy atom. The van der Waals surface area contributed by atoms with Crippen molar-refractivity contribution in [3.8, 4) is 0 Å². The van der Waals surface area contributed by atoms with Crippen LogP contribution in [0.2, 0.25) is 0 Å². The molecule has 1 heterocycles. The zero-order chi connectivity index (χ0) is 15.2. The summed E-state index contributed by atoms with van der Waals surface area (Å²) in [7, 11) is -0.909. The maximum Gasteiger partial charge on any atom is 0.266 e. The average Bonchev–Trinajstić information content (AvgIpc) is 2.70. The number of anilines is 1. The van der Waals surface area contributed by atoms with Crippen molar-refractivity contribution in [3.63, 3.8) is 0 Å². The van der Waals surface area contributed by atoms with Crippen LogP contribution in [-0.4, -0.2) is 40.1 Å². The van der Waals surface area contributed by atoms with Crippen LogP contribution in [-0.2, 0) is 19.7 Å². The summed E-state index contributed by atoms with van der Waals surface area (Å²) in [5.74, 6) is -0.439. The summed E-state index contributed by atoms with van der Waals surface area (Å²) < 4.78 is 26.4. The van der Waals surface area contributed by atoms with E-state index >= 15 is 0 Å². The largest absolute Gasteiger partial charge is 0.275 e. The second-order valence-electron chi connectivity index (χ2n) is 4.72. The van der Waals surface area contributed by atoms with Gasteiger partial charge in [-0.3, -0.25) is 13.9 Å². The van der Waals surface area contributed by atoms with Gasteiger partial charge in [0.2, 0.25) is 0 Å². The maximum atomic E-state index is 12.6. The van der Waals surface area contributed by atoms with Gasteiger partial charge < -0.3 is 0 Å². The number of hydroxylamine groups is 2. The molecule has 0 aliphatic carbocycles. The molecule has 1 amide bonds. The van der Waals surface area contributed by atoms with Crippen molar-refractivity contribution in [2.24, 2.45) is 0 Å². The number of carbonyl (C=O) groups excluding carboxylic acids is 1. The van der Waals surface area contributed by atoms with Crippen molar-refractivity contribution in [1.29, 1.82) is 0 Å². The van der Waals surface area contributed by atoms with E-state index in [-0.39, 0.29) is 11.4 Å². The summed E-state index contributed by atoms with van der Waals surface area (Å²) in [5, 5.41) is 2.51. The fraction of sp³-hybridized carbons (Fsp3) is 0.214. The molecule has 0 atom stereocenters. The average molecular weight is 306 g/mol. The van der Waals surface area contributed by atoms with Crippen molar-refractivity contribution in [3.05, 3.63) is 36.4 Å². The van der Waals surface area contributed by atoms with Gasteiger partial charge in [-0.2, -0.15) is 0 Å². The summed E-state index contributed by atoms with van der Waals surface area (Å²) in [4.78, 5) is 17.0. The first-order valence-electron chi connectivity index (χ1n) is 6.32. The second-order valence-corrected chi connectivity index (χ2v) is 6.55. The number of nitrogens with zero attached hydrogens (tertiary/aromatic N) is 2. The highest BCUT2D eigenvalue weighted by Gasteiger charge is 2.37. The SMILES string of the molecule is CON(C)C(=O)CN1c2cccc3cccc(c23)S1(=O)=O. The lowest BCUT2D eigenvalue weighted by molar-refractivity contribution is -0.166. The van der Waals surface area contributed by atoms with E-state index in [0.717, 1.165) is 14.8 Å². The maximum absolute atomic E-state index is 12.6. The van der Waals surface area contributed by atoms with Crippen LogP contribution >= 0.6 is 0 Å². The van der Waals surface area contributed by atoms with Crippen LogP contribution in [0.25, 0.3) is 10.8 Å². The third-order valence-corrected chi connectivity index (χ3v) is 5.39. The first-order chi connectivity index (χ1) is 9.96. The number of benzene rings is 2. The van der Waals surface area contributed by atoms with E-state index in [9.17, 15) is 13.2 Å². The van der Waals surface area contributed by atoms with Crippen LogP contribution in [0.15, 0.2) is 41.3 Å². The van der Waals surface area contributed by atoms with Crippen LogP contribution in [0.4, 0.5) is 5.69 Å². The molecule has 0 saturated carbocycles. The molecule has 0 bridgehead atoms. The van der Waals surface area contributed by atoms with Crippen molar-refractivity contribution in [1.82, 2.24) is 5.06 Å². The number of carbonyl (C=O) groups is 1. The molecule has 7 heteroatoms. The third-order valence-electron chi connectivity index (χ3n) is 3.59. The molecule has 2 aromatic carbocycles. The number of hydrogen-bond donors (Lipinski definition) is 0. The van der Waals surface area contributed by atoms with Crippen LogP contribution in [0.1, 0.15) is 0 Å². The fourth-order valence-electron chi connectivity index (χ4n) is 2.45. The summed E-state index contributed by atoms with van der Waals surface area (Å²) in [6, 6.07) is 10.4. The predicted molar refractivity (Wildman–Crippen MR) is 78.3 cm³/mol. The van der Waals surface area contributed by atoms with E-state index in [1.54, 1.807) is 24.3 Å². The zero-order valence-corrected chi connectivity index (χ0v) is 12.4. The lowest BCUT2D eigenvalue weighted by Gasteiger charge is -2.21.